The van der Waals surface area contributed by atoms with Gasteiger partial charge >= 0.3 is 0 Å². The van der Waals surface area contributed by atoms with Gasteiger partial charge in [-0.2, -0.15) is 0 Å². The summed E-state index contributed by atoms with van der Waals surface area (Å²) in [4.78, 5) is 1.95. The Labute approximate surface area is 127 Å². The highest BCUT2D eigenvalue weighted by atomic mass is 19.1. The molecule has 2 rings (SSSR count). The molecule has 0 spiro atoms. The molecule has 1 aliphatic rings. The highest BCUT2D eigenvalue weighted by Gasteiger charge is 2.24. The first-order valence-corrected chi connectivity index (χ1v) is 8.02. The van der Waals surface area contributed by atoms with Crippen molar-refractivity contribution >= 4 is 11.4 Å². The zero-order valence-corrected chi connectivity index (χ0v) is 13.4. The molecule has 0 aliphatic heterocycles. The van der Waals surface area contributed by atoms with Gasteiger partial charge in [0.05, 0.1) is 5.69 Å². The van der Waals surface area contributed by atoms with Crippen LogP contribution in [0, 0.1) is 11.7 Å². The predicted molar refractivity (Wildman–Crippen MR) is 88.4 cm³/mol. The average molecular weight is 293 g/mol. The van der Waals surface area contributed by atoms with E-state index in [9.17, 15) is 4.39 Å². The number of anilines is 2. The molecule has 0 bridgehead atoms. The van der Waals surface area contributed by atoms with Crippen LogP contribution in [-0.4, -0.2) is 25.7 Å². The van der Waals surface area contributed by atoms with E-state index >= 15 is 0 Å². The average Bonchev–Trinajstić information content (AvgIpc) is 2.47. The number of halogens is 1. The third kappa shape index (κ3) is 3.88. The van der Waals surface area contributed by atoms with Crippen molar-refractivity contribution in [2.75, 3.05) is 23.8 Å². The van der Waals surface area contributed by atoms with Crippen molar-refractivity contribution < 1.29 is 4.39 Å². The fourth-order valence-corrected chi connectivity index (χ4v) is 3.05. The van der Waals surface area contributed by atoms with Crippen LogP contribution >= 0.6 is 0 Å². The molecule has 1 aromatic carbocycles. The van der Waals surface area contributed by atoms with Crippen LogP contribution < -0.4 is 16.0 Å². The smallest absolute Gasteiger partial charge is 0.148 e. The molecule has 0 saturated heterocycles. The van der Waals surface area contributed by atoms with Crippen LogP contribution in [0.25, 0.3) is 0 Å². The first-order valence-electron chi connectivity index (χ1n) is 8.02. The molecule has 2 atom stereocenters. The summed E-state index contributed by atoms with van der Waals surface area (Å²) in [6, 6.07) is 6.09. The van der Waals surface area contributed by atoms with Gasteiger partial charge in [0.15, 0.2) is 0 Å². The van der Waals surface area contributed by atoms with E-state index in [0.717, 1.165) is 12.1 Å². The monoisotopic (exact) mass is 293 g/mol. The number of nitrogens with zero attached hydrogens (tertiary/aromatic N) is 1. The molecule has 0 amide bonds. The van der Waals surface area contributed by atoms with Crippen molar-refractivity contribution in [2.24, 2.45) is 11.7 Å². The Kier molecular flexibility index (Phi) is 5.45. The Balaban J connectivity index is 2.09. The van der Waals surface area contributed by atoms with Crippen molar-refractivity contribution in [1.82, 2.24) is 0 Å². The molecular formula is C17H28FN3. The molecule has 118 valence electrons. The molecule has 21 heavy (non-hydrogen) atoms. The fraction of sp³-hybridized carbons (Fsp3) is 0.647. The Morgan fingerprint density at radius 1 is 1.33 bits per heavy atom. The maximum absolute atomic E-state index is 14.3. The molecule has 1 aliphatic carbocycles. The van der Waals surface area contributed by atoms with E-state index in [0.29, 0.717) is 24.2 Å². The van der Waals surface area contributed by atoms with E-state index in [4.69, 9.17) is 5.73 Å². The van der Waals surface area contributed by atoms with Crippen LogP contribution in [0.2, 0.25) is 0 Å². The second kappa shape index (κ2) is 7.12. The molecule has 1 saturated carbocycles. The number of benzene rings is 1. The summed E-state index contributed by atoms with van der Waals surface area (Å²) in [6.07, 6.45) is 4.78. The molecule has 0 radical (unpaired) electrons. The van der Waals surface area contributed by atoms with Crippen LogP contribution in [0.4, 0.5) is 15.8 Å². The first kappa shape index (κ1) is 16.1. The number of rotatable bonds is 5. The van der Waals surface area contributed by atoms with Crippen LogP contribution in [0.1, 0.15) is 39.5 Å². The first-order chi connectivity index (χ1) is 10.0. The van der Waals surface area contributed by atoms with E-state index < -0.39 is 0 Å². The maximum atomic E-state index is 14.3. The summed E-state index contributed by atoms with van der Waals surface area (Å²) in [5.74, 6) is 0.330. The molecule has 0 aromatic heterocycles. The molecule has 4 heteroatoms. The Hall–Kier alpha value is -1.29. The number of nitrogens with one attached hydrogen (secondary N) is 1. The number of hydrogen-bond acceptors (Lipinski definition) is 3. The van der Waals surface area contributed by atoms with Crippen molar-refractivity contribution in [3.63, 3.8) is 0 Å². The van der Waals surface area contributed by atoms with Crippen LogP contribution in [0.3, 0.4) is 0 Å². The summed E-state index contributed by atoms with van der Waals surface area (Å²) >= 11 is 0. The van der Waals surface area contributed by atoms with Crippen molar-refractivity contribution in [3.8, 4) is 0 Å². The zero-order chi connectivity index (χ0) is 15.4. The standard InChI is InChI=1S/C17H28FN3/c1-12(2)21(3)17-9-8-14(10-15(17)18)20-16-7-5-4-6-13(16)11-19/h8-10,12-13,16,20H,4-7,11,19H2,1-3H3. The van der Waals surface area contributed by atoms with Crippen molar-refractivity contribution in [2.45, 2.75) is 51.6 Å². The largest absolute Gasteiger partial charge is 0.382 e. The quantitative estimate of drug-likeness (QED) is 0.871. The Bertz CT molecular complexity index is 461. The fourth-order valence-electron chi connectivity index (χ4n) is 3.05. The van der Waals surface area contributed by atoms with Gasteiger partial charge in [0, 0.05) is 24.8 Å². The van der Waals surface area contributed by atoms with Gasteiger partial charge in [0.1, 0.15) is 5.82 Å². The normalized spacial score (nSPS) is 22.4. The van der Waals surface area contributed by atoms with Crippen LogP contribution in [-0.2, 0) is 0 Å². The maximum Gasteiger partial charge on any atom is 0.148 e. The lowest BCUT2D eigenvalue weighted by Gasteiger charge is -2.32. The van der Waals surface area contributed by atoms with Crippen LogP contribution in [0.5, 0.6) is 0 Å². The molecule has 1 aromatic rings. The molecule has 2 unspecified atom stereocenters. The third-order valence-corrected chi connectivity index (χ3v) is 4.67. The minimum atomic E-state index is -0.170. The van der Waals surface area contributed by atoms with Crippen molar-refractivity contribution in [3.05, 3.63) is 24.0 Å². The SMILES string of the molecule is CC(C)N(C)c1ccc(NC2CCCCC2CN)cc1F. The lowest BCUT2D eigenvalue weighted by molar-refractivity contribution is 0.332. The summed E-state index contributed by atoms with van der Waals surface area (Å²) in [5.41, 5.74) is 7.36. The second-order valence-electron chi connectivity index (χ2n) is 6.40. The molecule has 3 N–H and O–H groups in total. The van der Waals surface area contributed by atoms with Gasteiger partial charge in [0.2, 0.25) is 0 Å². The third-order valence-electron chi connectivity index (χ3n) is 4.67. The molecule has 0 heterocycles. The second-order valence-corrected chi connectivity index (χ2v) is 6.40. The topological polar surface area (TPSA) is 41.3 Å². The molecule has 3 nitrogen and oxygen atoms in total. The van der Waals surface area contributed by atoms with Gasteiger partial charge in [-0.05, 0) is 57.4 Å². The number of hydrogen-bond donors (Lipinski definition) is 2. The van der Waals surface area contributed by atoms with Gasteiger partial charge in [-0.1, -0.05) is 12.8 Å². The lowest BCUT2D eigenvalue weighted by Crippen LogP contribution is -2.36. The van der Waals surface area contributed by atoms with E-state index in [2.05, 4.69) is 19.2 Å². The minimum Gasteiger partial charge on any atom is -0.382 e. The Morgan fingerprint density at radius 3 is 2.67 bits per heavy atom. The van der Waals surface area contributed by atoms with Gasteiger partial charge < -0.3 is 16.0 Å². The van der Waals surface area contributed by atoms with Gasteiger partial charge in [0.25, 0.3) is 0 Å². The van der Waals surface area contributed by atoms with Gasteiger partial charge in [-0.25, -0.2) is 4.39 Å². The van der Waals surface area contributed by atoms with E-state index in [1.807, 2.05) is 24.1 Å². The van der Waals surface area contributed by atoms with E-state index in [-0.39, 0.29) is 11.9 Å². The van der Waals surface area contributed by atoms with Crippen molar-refractivity contribution in [1.29, 1.82) is 0 Å². The van der Waals surface area contributed by atoms with E-state index in [1.54, 1.807) is 6.07 Å². The summed E-state index contributed by atoms with van der Waals surface area (Å²) < 4.78 is 14.3. The lowest BCUT2D eigenvalue weighted by atomic mass is 9.84. The summed E-state index contributed by atoms with van der Waals surface area (Å²) in [5, 5.41) is 3.48. The highest BCUT2D eigenvalue weighted by molar-refractivity contribution is 5.56. The van der Waals surface area contributed by atoms with Crippen LogP contribution in [0.15, 0.2) is 18.2 Å². The minimum absolute atomic E-state index is 0.170. The molecule has 1 fully saturated rings. The highest BCUT2D eigenvalue weighted by Crippen LogP contribution is 2.29. The zero-order valence-electron chi connectivity index (χ0n) is 13.4. The predicted octanol–water partition coefficient (Wildman–Crippen LogP) is 3.60. The van der Waals surface area contributed by atoms with E-state index in [1.165, 1.54) is 19.3 Å². The summed E-state index contributed by atoms with van der Waals surface area (Å²) in [6.45, 7) is 4.81. The Morgan fingerprint density at radius 2 is 2.05 bits per heavy atom. The summed E-state index contributed by atoms with van der Waals surface area (Å²) in [7, 11) is 1.92. The van der Waals surface area contributed by atoms with Gasteiger partial charge in [-0.3, -0.25) is 0 Å². The number of nitrogens with two attached hydrogens (primary N) is 1. The molecular weight excluding hydrogens is 265 g/mol. The van der Waals surface area contributed by atoms with Gasteiger partial charge in [-0.15, -0.1) is 0 Å².